The van der Waals surface area contributed by atoms with Crippen LogP contribution in [0.15, 0.2) is 29.8 Å². The van der Waals surface area contributed by atoms with E-state index in [0.717, 1.165) is 3.57 Å². The van der Waals surface area contributed by atoms with Crippen LogP contribution in [0.3, 0.4) is 0 Å². The van der Waals surface area contributed by atoms with Crippen molar-refractivity contribution in [2.24, 2.45) is 5.92 Å². The minimum Gasteiger partial charge on any atom is -0.477 e. The average molecular weight is 375 g/mol. The zero-order chi connectivity index (χ0) is 13.3. The fraction of sp³-hybridized carbons (Fsp3) is 0.308. The summed E-state index contributed by atoms with van der Waals surface area (Å²) in [5.41, 5.74) is 0.353. The Bertz CT molecular complexity index is 545. The number of carboxylic acids is 1. The number of carboxylic acid groups (broad SMARTS) is 1. The highest BCUT2D eigenvalue weighted by atomic mass is 127. The van der Waals surface area contributed by atoms with Crippen LogP contribution in [-0.2, 0) is 0 Å². The van der Waals surface area contributed by atoms with Crippen molar-refractivity contribution < 1.29 is 9.90 Å². The molecule has 0 aliphatic heterocycles. The predicted molar refractivity (Wildman–Crippen MR) is 81.4 cm³/mol. The molecule has 0 fully saturated rings. The van der Waals surface area contributed by atoms with Crippen molar-refractivity contribution >= 4 is 39.9 Å². The van der Waals surface area contributed by atoms with Crippen LogP contribution >= 0.6 is 33.9 Å². The predicted octanol–water partition coefficient (Wildman–Crippen LogP) is 4.10. The topological polar surface area (TPSA) is 42.2 Å². The maximum absolute atomic E-state index is 11.3. The molecule has 0 aliphatic carbocycles. The van der Waals surface area contributed by atoms with Gasteiger partial charge < -0.3 is 9.67 Å². The summed E-state index contributed by atoms with van der Waals surface area (Å²) in [6, 6.07) is 5.86. The van der Waals surface area contributed by atoms with Gasteiger partial charge in [0.25, 0.3) is 0 Å². The largest absolute Gasteiger partial charge is 0.477 e. The normalized spacial score (nSPS) is 12.9. The van der Waals surface area contributed by atoms with E-state index in [1.807, 2.05) is 22.2 Å². The number of hydrogen-bond acceptors (Lipinski definition) is 2. The molecule has 2 rings (SSSR count). The summed E-state index contributed by atoms with van der Waals surface area (Å²) < 4.78 is 2.83. The summed E-state index contributed by atoms with van der Waals surface area (Å²) in [4.78, 5) is 12.5. The first-order valence-electron chi connectivity index (χ1n) is 5.64. The third-order valence-electron chi connectivity index (χ3n) is 2.80. The van der Waals surface area contributed by atoms with Crippen molar-refractivity contribution in [2.45, 2.75) is 19.9 Å². The molecule has 2 aromatic rings. The molecule has 5 heteroatoms. The van der Waals surface area contributed by atoms with Gasteiger partial charge in [0.1, 0.15) is 5.69 Å². The second-order valence-electron chi connectivity index (χ2n) is 4.46. The number of hydrogen-bond donors (Lipinski definition) is 1. The lowest BCUT2D eigenvalue weighted by molar-refractivity contribution is 0.0682. The monoisotopic (exact) mass is 375 g/mol. The smallest absolute Gasteiger partial charge is 0.352 e. The molecular weight excluding hydrogens is 361 g/mol. The van der Waals surface area contributed by atoms with Crippen LogP contribution in [0, 0.1) is 9.49 Å². The number of thiophene rings is 1. The van der Waals surface area contributed by atoms with E-state index in [-0.39, 0.29) is 6.04 Å². The summed E-state index contributed by atoms with van der Waals surface area (Å²) in [5.74, 6) is -0.537. The zero-order valence-corrected chi connectivity index (χ0v) is 13.1. The second kappa shape index (κ2) is 5.44. The molecule has 0 saturated carbocycles. The van der Waals surface area contributed by atoms with E-state index in [9.17, 15) is 9.90 Å². The Labute approximate surface area is 124 Å². The summed E-state index contributed by atoms with van der Waals surface area (Å²) in [6.45, 7) is 4.23. The Morgan fingerprint density at radius 1 is 1.50 bits per heavy atom. The molecule has 0 radical (unpaired) electrons. The quantitative estimate of drug-likeness (QED) is 0.818. The Morgan fingerprint density at radius 2 is 2.22 bits per heavy atom. The molecule has 0 saturated heterocycles. The average Bonchev–Trinajstić information content (AvgIpc) is 2.88. The molecule has 1 unspecified atom stereocenters. The second-order valence-corrected chi connectivity index (χ2v) is 6.69. The van der Waals surface area contributed by atoms with E-state index in [4.69, 9.17) is 0 Å². The molecule has 1 atom stereocenters. The van der Waals surface area contributed by atoms with Gasteiger partial charge in [-0.05, 0) is 46.0 Å². The fourth-order valence-corrected chi connectivity index (χ4v) is 3.69. The van der Waals surface area contributed by atoms with E-state index in [1.165, 1.54) is 4.88 Å². The maximum Gasteiger partial charge on any atom is 0.352 e. The van der Waals surface area contributed by atoms with Gasteiger partial charge in [0.05, 0.1) is 6.04 Å². The van der Waals surface area contributed by atoms with Crippen molar-refractivity contribution in [2.75, 3.05) is 0 Å². The lowest BCUT2D eigenvalue weighted by atomic mass is 10.0. The van der Waals surface area contributed by atoms with Crippen LogP contribution in [0.5, 0.6) is 0 Å². The molecule has 96 valence electrons. The van der Waals surface area contributed by atoms with E-state index >= 15 is 0 Å². The number of carbonyl (C=O) groups is 1. The minimum absolute atomic E-state index is 0.0830. The molecule has 3 nitrogen and oxygen atoms in total. The van der Waals surface area contributed by atoms with Gasteiger partial charge in [-0.25, -0.2) is 4.79 Å². The first kappa shape index (κ1) is 13.6. The van der Waals surface area contributed by atoms with E-state index < -0.39 is 5.97 Å². The highest BCUT2D eigenvalue weighted by molar-refractivity contribution is 14.1. The van der Waals surface area contributed by atoms with Gasteiger partial charge in [-0.2, -0.15) is 0 Å². The highest BCUT2D eigenvalue weighted by Gasteiger charge is 2.23. The van der Waals surface area contributed by atoms with Crippen LogP contribution in [0.2, 0.25) is 0 Å². The number of aromatic carboxylic acids is 1. The lowest BCUT2D eigenvalue weighted by Crippen LogP contribution is -2.19. The van der Waals surface area contributed by atoms with Gasteiger partial charge in [0.2, 0.25) is 0 Å². The molecule has 0 spiro atoms. The maximum atomic E-state index is 11.3. The molecule has 0 amide bonds. The Kier molecular flexibility index (Phi) is 4.11. The number of halogens is 1. The summed E-state index contributed by atoms with van der Waals surface area (Å²) in [7, 11) is 0. The van der Waals surface area contributed by atoms with E-state index in [2.05, 4.69) is 42.5 Å². The van der Waals surface area contributed by atoms with Gasteiger partial charge in [-0.1, -0.05) is 19.9 Å². The van der Waals surface area contributed by atoms with E-state index in [0.29, 0.717) is 11.6 Å². The Morgan fingerprint density at radius 3 is 2.72 bits per heavy atom. The van der Waals surface area contributed by atoms with Crippen LogP contribution in [-0.4, -0.2) is 15.6 Å². The highest BCUT2D eigenvalue weighted by Crippen LogP contribution is 2.32. The van der Waals surface area contributed by atoms with Gasteiger partial charge in [0, 0.05) is 14.6 Å². The van der Waals surface area contributed by atoms with Crippen LogP contribution in [0.4, 0.5) is 0 Å². The van der Waals surface area contributed by atoms with Crippen molar-refractivity contribution in [3.63, 3.8) is 0 Å². The fourth-order valence-electron chi connectivity index (χ4n) is 2.09. The summed E-state index contributed by atoms with van der Waals surface area (Å²) >= 11 is 3.82. The molecule has 2 heterocycles. The van der Waals surface area contributed by atoms with E-state index in [1.54, 1.807) is 17.4 Å². The van der Waals surface area contributed by atoms with Crippen LogP contribution < -0.4 is 0 Å². The zero-order valence-electron chi connectivity index (χ0n) is 10.1. The third kappa shape index (κ3) is 2.61. The molecular formula is C13H14INO2S. The van der Waals surface area contributed by atoms with Crippen molar-refractivity contribution in [1.29, 1.82) is 0 Å². The molecule has 0 bridgehead atoms. The van der Waals surface area contributed by atoms with Gasteiger partial charge in [0.15, 0.2) is 0 Å². The number of rotatable bonds is 4. The van der Waals surface area contributed by atoms with Gasteiger partial charge >= 0.3 is 5.97 Å². The van der Waals surface area contributed by atoms with Crippen molar-refractivity contribution in [3.8, 4) is 0 Å². The molecule has 18 heavy (non-hydrogen) atoms. The van der Waals surface area contributed by atoms with Crippen LogP contribution in [0.1, 0.15) is 35.3 Å². The molecule has 0 aromatic carbocycles. The van der Waals surface area contributed by atoms with Crippen LogP contribution in [0.25, 0.3) is 0 Å². The first-order valence-corrected chi connectivity index (χ1v) is 7.60. The molecule has 1 N–H and O–H groups in total. The summed E-state index contributed by atoms with van der Waals surface area (Å²) in [5, 5.41) is 11.3. The first-order chi connectivity index (χ1) is 8.50. The third-order valence-corrected chi connectivity index (χ3v) is 4.33. The standard InChI is InChI=1S/C13H14INO2S/c1-8(2)12(11-4-3-5-18-11)15-7-9(14)6-10(15)13(16)17/h3-8,12H,1-2H3,(H,16,17). The van der Waals surface area contributed by atoms with Gasteiger partial charge in [-0.15, -0.1) is 11.3 Å². The number of aromatic nitrogens is 1. The molecule has 0 aliphatic rings. The van der Waals surface area contributed by atoms with Crippen molar-refractivity contribution in [1.82, 2.24) is 4.57 Å². The van der Waals surface area contributed by atoms with Crippen molar-refractivity contribution in [3.05, 3.63) is 43.9 Å². The SMILES string of the molecule is CC(C)C(c1cccs1)n1cc(I)cc1C(=O)O. The minimum atomic E-state index is -0.875. The summed E-state index contributed by atoms with van der Waals surface area (Å²) in [6.07, 6.45) is 1.91. The Balaban J connectivity index is 2.53. The lowest BCUT2D eigenvalue weighted by Gasteiger charge is -2.23. The van der Waals surface area contributed by atoms with Gasteiger partial charge in [-0.3, -0.25) is 0 Å². The number of nitrogens with zero attached hydrogens (tertiary/aromatic N) is 1. The Hall–Kier alpha value is -0.820. The molecule has 2 aromatic heterocycles.